The number of rotatable bonds is 23. The van der Waals surface area contributed by atoms with E-state index in [-0.39, 0.29) is 51.9 Å². The Hall–Kier alpha value is -3.54. The first-order valence-corrected chi connectivity index (χ1v) is 20.1. The maximum atomic E-state index is 12.6. The Kier molecular flexibility index (Phi) is 20.7. The Morgan fingerprint density at radius 3 is 1.85 bits per heavy atom. The van der Waals surface area contributed by atoms with Gasteiger partial charge in [0, 0.05) is 25.8 Å². The summed E-state index contributed by atoms with van der Waals surface area (Å²) in [4.78, 5) is 48.8. The summed E-state index contributed by atoms with van der Waals surface area (Å²) < 4.78 is 38.3. The summed E-state index contributed by atoms with van der Waals surface area (Å²) in [5, 5.41) is 117. The van der Waals surface area contributed by atoms with Crippen molar-refractivity contribution in [2.45, 2.75) is 143 Å². The van der Waals surface area contributed by atoms with Gasteiger partial charge >= 0.3 is 11.9 Å². The summed E-state index contributed by atoms with van der Waals surface area (Å²) in [6.07, 6.45) is -26.0. The zero-order valence-corrected chi connectivity index (χ0v) is 33.5. The molecular weight excluding hydrogens is 836 g/mol. The average Bonchev–Trinajstić information content (AvgIpc) is 3.26. The minimum Gasteiger partial charge on any atom is -0.480 e. The van der Waals surface area contributed by atoms with Crippen LogP contribution in [0.15, 0.2) is 30.3 Å². The van der Waals surface area contributed by atoms with Crippen molar-refractivity contribution in [3.05, 3.63) is 35.9 Å². The molecule has 0 radical (unpaired) electrons. The summed E-state index contributed by atoms with van der Waals surface area (Å²) in [6, 6.07) is 7.68. The van der Waals surface area contributed by atoms with Crippen LogP contribution in [0.1, 0.15) is 44.1 Å². The third kappa shape index (κ3) is 14.5. The molecule has 0 aliphatic carbocycles. The quantitative estimate of drug-likeness (QED) is 0.0359. The van der Waals surface area contributed by atoms with E-state index in [1.807, 2.05) is 30.3 Å². The fraction of sp³-hybridized carbons (Fsp3) is 0.737. The second-order valence-electron chi connectivity index (χ2n) is 14.9. The molecule has 4 rings (SSSR count). The van der Waals surface area contributed by atoms with Gasteiger partial charge in [0.05, 0.1) is 26.4 Å². The maximum absolute atomic E-state index is 12.6. The molecule has 24 heteroatoms. The molecule has 3 aliphatic heterocycles. The van der Waals surface area contributed by atoms with Crippen LogP contribution in [0, 0.1) is 0 Å². The number of benzene rings is 1. The molecule has 0 aromatic heterocycles. The largest absolute Gasteiger partial charge is 0.480 e. The minimum absolute atomic E-state index is 0.0667. The summed E-state index contributed by atoms with van der Waals surface area (Å²) in [6.45, 7) is -2.78. The molecule has 1 aromatic carbocycles. The highest BCUT2D eigenvalue weighted by atomic mass is 16.7. The van der Waals surface area contributed by atoms with E-state index in [0.717, 1.165) is 5.56 Å². The Morgan fingerprint density at radius 1 is 0.645 bits per heavy atom. The number of amides is 2. The van der Waals surface area contributed by atoms with Gasteiger partial charge in [0.1, 0.15) is 85.9 Å². The van der Waals surface area contributed by atoms with E-state index in [2.05, 4.69) is 10.6 Å². The molecule has 352 valence electrons. The standard InChI is InChI=1S/C38H58N2O22/c41-14-20-26(46)29(49)31(51)36(59-20)58-17-22-28(48)34(62-38-32(52)30(50)27(47)21(15-42)60-38)33(53)37(61-22)56-13-12-39-23(43)11-10-19(35(54)55)40-24(44)8-4-5-9-25(45)57-16-18-6-2-1-3-7-18/h1-3,6-7,19-22,26-34,36-38,41-42,46-53H,4-5,8-17H2,(H,39,43)(H,40,44)(H,54,55)/t19-,20+,21+,22+,26+,27+,28+,29-,30-,31-,32-,33-,34-,36-,37-,38+/m0/s1. The molecule has 62 heavy (non-hydrogen) atoms. The van der Waals surface area contributed by atoms with Gasteiger partial charge in [-0.3, -0.25) is 14.4 Å². The van der Waals surface area contributed by atoms with E-state index >= 15 is 0 Å². The molecule has 0 saturated carbocycles. The molecule has 0 bridgehead atoms. The lowest BCUT2D eigenvalue weighted by molar-refractivity contribution is -0.366. The van der Waals surface area contributed by atoms with Gasteiger partial charge in [-0.25, -0.2) is 4.79 Å². The highest BCUT2D eigenvalue weighted by molar-refractivity contribution is 5.84. The molecule has 0 unspecified atom stereocenters. The topological polar surface area (TPSA) is 379 Å². The van der Waals surface area contributed by atoms with Gasteiger partial charge in [-0.1, -0.05) is 30.3 Å². The zero-order valence-electron chi connectivity index (χ0n) is 33.5. The van der Waals surface area contributed by atoms with Gasteiger partial charge in [-0.05, 0) is 24.8 Å². The smallest absolute Gasteiger partial charge is 0.326 e. The molecule has 3 fully saturated rings. The van der Waals surface area contributed by atoms with Crippen molar-refractivity contribution in [2.75, 3.05) is 33.0 Å². The van der Waals surface area contributed by atoms with E-state index < -0.39 is 142 Å². The first kappa shape index (κ1) is 51.1. The van der Waals surface area contributed by atoms with Gasteiger partial charge in [-0.15, -0.1) is 0 Å². The average molecular weight is 895 g/mol. The van der Waals surface area contributed by atoms with E-state index in [9.17, 15) is 75.3 Å². The number of hydrogen-bond donors (Lipinski definition) is 13. The lowest BCUT2D eigenvalue weighted by atomic mass is 9.96. The number of aliphatic hydroxyl groups is 10. The second-order valence-corrected chi connectivity index (χ2v) is 14.9. The molecule has 3 aliphatic rings. The highest BCUT2D eigenvalue weighted by Gasteiger charge is 2.52. The van der Waals surface area contributed by atoms with Crippen molar-refractivity contribution in [1.82, 2.24) is 10.6 Å². The SMILES string of the molecule is O=C(CC[C@H](NC(=O)CCCCC(=O)OCc1ccccc1)C(=O)O)NCCO[C@H]1O[C@H](CO[C@H]2O[C@H](CO)[C@@H](O)[C@H](O)[C@@H]2O)[C@@H](O)[C@H](O[C@H]2O[C@H](CO)[C@@H](O)[C@H](O)[C@@H]2O)[C@@H]1O. The number of hydrogen-bond acceptors (Lipinski definition) is 21. The van der Waals surface area contributed by atoms with Crippen molar-refractivity contribution in [3.63, 3.8) is 0 Å². The van der Waals surface area contributed by atoms with Crippen molar-refractivity contribution in [1.29, 1.82) is 0 Å². The Morgan fingerprint density at radius 2 is 1.23 bits per heavy atom. The lowest BCUT2D eigenvalue weighted by Gasteiger charge is -2.46. The first-order chi connectivity index (χ1) is 29.6. The number of aliphatic carboxylic acids is 1. The van der Waals surface area contributed by atoms with Gasteiger partial charge in [0.2, 0.25) is 11.8 Å². The van der Waals surface area contributed by atoms with Crippen LogP contribution in [0.3, 0.4) is 0 Å². The van der Waals surface area contributed by atoms with Crippen LogP contribution < -0.4 is 10.6 Å². The molecular formula is C38H58N2O22. The van der Waals surface area contributed by atoms with Crippen molar-refractivity contribution < 1.29 is 109 Å². The molecule has 2 amide bonds. The number of esters is 1. The first-order valence-electron chi connectivity index (χ1n) is 20.1. The van der Waals surface area contributed by atoms with Gasteiger partial charge < -0.3 is 100.0 Å². The van der Waals surface area contributed by atoms with E-state index in [1.54, 1.807) is 0 Å². The zero-order chi connectivity index (χ0) is 45.5. The number of ether oxygens (including phenoxy) is 7. The van der Waals surface area contributed by atoms with Crippen LogP contribution in [-0.2, 0) is 58.9 Å². The van der Waals surface area contributed by atoms with Crippen molar-refractivity contribution >= 4 is 23.8 Å². The molecule has 3 heterocycles. The maximum Gasteiger partial charge on any atom is 0.326 e. The monoisotopic (exact) mass is 894 g/mol. The summed E-state index contributed by atoms with van der Waals surface area (Å²) >= 11 is 0. The normalized spacial score (nSPS) is 34.2. The van der Waals surface area contributed by atoms with Gasteiger partial charge in [0.15, 0.2) is 18.9 Å². The molecule has 16 atom stereocenters. The summed E-state index contributed by atoms with van der Waals surface area (Å²) in [7, 11) is 0. The molecule has 0 spiro atoms. The van der Waals surface area contributed by atoms with Gasteiger partial charge in [-0.2, -0.15) is 0 Å². The molecule has 1 aromatic rings. The van der Waals surface area contributed by atoms with Crippen LogP contribution in [0.5, 0.6) is 0 Å². The fourth-order valence-electron chi connectivity index (χ4n) is 6.69. The predicted octanol–water partition coefficient (Wildman–Crippen LogP) is -5.78. The van der Waals surface area contributed by atoms with Crippen LogP contribution in [-0.4, -0.2) is 211 Å². The lowest BCUT2D eigenvalue weighted by Crippen LogP contribution is -2.65. The van der Waals surface area contributed by atoms with Crippen LogP contribution in [0.25, 0.3) is 0 Å². The minimum atomic E-state index is -1.95. The Balaban J connectivity index is 1.26. The van der Waals surface area contributed by atoms with E-state index in [1.165, 1.54) is 0 Å². The number of aliphatic hydroxyl groups excluding tert-OH is 10. The third-order valence-electron chi connectivity index (χ3n) is 10.3. The third-order valence-corrected chi connectivity index (χ3v) is 10.3. The predicted molar refractivity (Wildman–Crippen MR) is 202 cm³/mol. The Bertz CT molecular complexity index is 1540. The number of carboxylic acids is 1. The van der Waals surface area contributed by atoms with E-state index in [0.29, 0.717) is 6.42 Å². The highest BCUT2D eigenvalue weighted by Crippen LogP contribution is 2.31. The van der Waals surface area contributed by atoms with Crippen molar-refractivity contribution in [3.8, 4) is 0 Å². The summed E-state index contributed by atoms with van der Waals surface area (Å²) in [5.74, 6) is -3.05. The van der Waals surface area contributed by atoms with Crippen LogP contribution in [0.4, 0.5) is 0 Å². The van der Waals surface area contributed by atoms with Crippen molar-refractivity contribution in [2.24, 2.45) is 0 Å². The Labute approximate surface area is 354 Å². The number of carbonyl (C=O) groups excluding carboxylic acids is 3. The number of nitrogens with one attached hydrogen (secondary N) is 2. The fourth-order valence-corrected chi connectivity index (χ4v) is 6.69. The summed E-state index contributed by atoms with van der Waals surface area (Å²) in [5.41, 5.74) is 0.827. The molecule has 13 N–H and O–H groups in total. The molecule has 3 saturated heterocycles. The van der Waals surface area contributed by atoms with Crippen LogP contribution >= 0.6 is 0 Å². The molecule has 24 nitrogen and oxygen atoms in total. The second kappa shape index (κ2) is 25.1. The van der Waals surface area contributed by atoms with E-state index in [4.69, 9.17) is 33.2 Å². The van der Waals surface area contributed by atoms with Gasteiger partial charge in [0.25, 0.3) is 0 Å². The number of carboxylic acid groups (broad SMARTS) is 1. The number of unbranched alkanes of at least 4 members (excludes halogenated alkanes) is 1. The number of carbonyl (C=O) groups is 4. The van der Waals surface area contributed by atoms with Crippen LogP contribution in [0.2, 0.25) is 0 Å².